The zero-order valence-corrected chi connectivity index (χ0v) is 10.2. The predicted octanol–water partition coefficient (Wildman–Crippen LogP) is 1.33. The van der Waals surface area contributed by atoms with E-state index in [2.05, 4.69) is 28.4 Å². The smallest absolute Gasteiger partial charge is 0.144 e. The van der Waals surface area contributed by atoms with E-state index >= 15 is 0 Å². The average Bonchev–Trinajstić information content (AvgIpc) is 2.89. The van der Waals surface area contributed by atoms with Gasteiger partial charge in [0.2, 0.25) is 0 Å². The quantitative estimate of drug-likeness (QED) is 0.857. The number of nitrogens with zero attached hydrogens (tertiary/aromatic N) is 4. The maximum absolute atomic E-state index is 8.94. The molecule has 1 unspecified atom stereocenters. The highest BCUT2D eigenvalue weighted by Crippen LogP contribution is 2.04. The first-order valence-corrected chi connectivity index (χ1v) is 5.84. The minimum Gasteiger partial charge on any atom is -0.308 e. The van der Waals surface area contributed by atoms with Gasteiger partial charge in [0.1, 0.15) is 11.8 Å². The molecule has 2 heterocycles. The highest BCUT2D eigenvalue weighted by molar-refractivity contribution is 5.30. The molecule has 2 rings (SSSR count). The molecule has 0 saturated carbocycles. The van der Waals surface area contributed by atoms with Crippen LogP contribution in [0, 0.1) is 11.3 Å². The van der Waals surface area contributed by atoms with Gasteiger partial charge in [0.25, 0.3) is 0 Å². The average molecular weight is 241 g/mol. The molecule has 0 aliphatic heterocycles. The summed E-state index contributed by atoms with van der Waals surface area (Å²) >= 11 is 0. The summed E-state index contributed by atoms with van der Waals surface area (Å²) in [5.74, 6) is 0. The Balaban J connectivity index is 1.89. The summed E-state index contributed by atoms with van der Waals surface area (Å²) < 4.78 is 1.88. The van der Waals surface area contributed by atoms with Crippen molar-refractivity contribution in [2.75, 3.05) is 0 Å². The second-order valence-corrected chi connectivity index (χ2v) is 4.13. The number of nitrogens with one attached hydrogen (secondary N) is 1. The monoisotopic (exact) mass is 241 g/mol. The fourth-order valence-corrected chi connectivity index (χ4v) is 1.72. The first-order chi connectivity index (χ1) is 8.79. The van der Waals surface area contributed by atoms with Crippen molar-refractivity contribution in [2.24, 2.45) is 0 Å². The van der Waals surface area contributed by atoms with Gasteiger partial charge in [-0.15, -0.1) is 0 Å². The van der Waals surface area contributed by atoms with Gasteiger partial charge in [-0.3, -0.25) is 4.68 Å². The first kappa shape index (κ1) is 12.3. The Morgan fingerprint density at radius 1 is 1.44 bits per heavy atom. The summed E-state index contributed by atoms with van der Waals surface area (Å²) in [6.07, 6.45) is 5.33. The third-order valence-corrected chi connectivity index (χ3v) is 2.66. The minimum atomic E-state index is 0.275. The predicted molar refractivity (Wildman–Crippen MR) is 67.5 cm³/mol. The molecule has 0 bridgehead atoms. The number of pyridine rings is 1. The maximum atomic E-state index is 8.94. The molecule has 2 aromatic rings. The van der Waals surface area contributed by atoms with Gasteiger partial charge < -0.3 is 5.32 Å². The van der Waals surface area contributed by atoms with Gasteiger partial charge in [-0.05, 0) is 19.1 Å². The van der Waals surface area contributed by atoms with E-state index in [1.807, 2.05) is 29.1 Å². The van der Waals surface area contributed by atoms with E-state index < -0.39 is 0 Å². The molecule has 0 fully saturated rings. The molecule has 18 heavy (non-hydrogen) atoms. The van der Waals surface area contributed by atoms with Crippen molar-refractivity contribution < 1.29 is 0 Å². The topological polar surface area (TPSA) is 66.5 Å². The Morgan fingerprint density at radius 2 is 2.33 bits per heavy atom. The van der Waals surface area contributed by atoms with E-state index in [1.165, 1.54) is 0 Å². The van der Waals surface area contributed by atoms with Gasteiger partial charge in [0.05, 0.1) is 6.54 Å². The number of rotatable bonds is 5. The number of hydrogen-bond acceptors (Lipinski definition) is 4. The summed E-state index contributed by atoms with van der Waals surface area (Å²) in [5.41, 5.74) is 1.41. The zero-order valence-electron chi connectivity index (χ0n) is 10.2. The summed E-state index contributed by atoms with van der Waals surface area (Å²) in [7, 11) is 0. The number of aromatic nitrogens is 3. The maximum Gasteiger partial charge on any atom is 0.144 e. The molecule has 2 aromatic heterocycles. The van der Waals surface area contributed by atoms with Gasteiger partial charge in [-0.1, -0.05) is 6.07 Å². The molecule has 5 nitrogen and oxygen atoms in total. The molecule has 1 atom stereocenters. The van der Waals surface area contributed by atoms with Crippen LogP contribution in [0.3, 0.4) is 0 Å². The fraction of sp³-hybridized carbons (Fsp3) is 0.308. The van der Waals surface area contributed by atoms with Crippen LogP contribution >= 0.6 is 0 Å². The summed E-state index contributed by atoms with van der Waals surface area (Å²) in [5, 5.41) is 16.5. The molecular formula is C13H15N5. The summed E-state index contributed by atoms with van der Waals surface area (Å²) in [6.45, 7) is 3.53. The van der Waals surface area contributed by atoms with E-state index in [4.69, 9.17) is 5.26 Å². The van der Waals surface area contributed by atoms with Crippen LogP contribution in [-0.2, 0) is 13.1 Å². The van der Waals surface area contributed by atoms with Crippen LogP contribution in [0.5, 0.6) is 0 Å². The van der Waals surface area contributed by atoms with Gasteiger partial charge in [-0.2, -0.15) is 10.4 Å². The molecule has 0 saturated heterocycles. The molecule has 0 amide bonds. The fourth-order valence-electron chi connectivity index (χ4n) is 1.72. The van der Waals surface area contributed by atoms with Crippen molar-refractivity contribution >= 4 is 0 Å². The lowest BCUT2D eigenvalue weighted by Crippen LogP contribution is -2.30. The Labute approximate surface area is 106 Å². The van der Waals surface area contributed by atoms with Crippen LogP contribution in [0.15, 0.2) is 36.8 Å². The lowest BCUT2D eigenvalue weighted by Gasteiger charge is -2.14. The second kappa shape index (κ2) is 5.94. The zero-order chi connectivity index (χ0) is 12.8. The van der Waals surface area contributed by atoms with E-state index in [-0.39, 0.29) is 6.04 Å². The first-order valence-electron chi connectivity index (χ1n) is 5.84. The van der Waals surface area contributed by atoms with Crippen molar-refractivity contribution in [3.63, 3.8) is 0 Å². The molecule has 0 aliphatic rings. The molecule has 5 heteroatoms. The van der Waals surface area contributed by atoms with Crippen LogP contribution in [0.4, 0.5) is 0 Å². The normalized spacial score (nSPS) is 12.0. The Hall–Kier alpha value is -2.19. The van der Waals surface area contributed by atoms with E-state index in [0.717, 1.165) is 12.1 Å². The summed E-state index contributed by atoms with van der Waals surface area (Å²) in [6, 6.07) is 8.03. The van der Waals surface area contributed by atoms with E-state index in [1.54, 1.807) is 12.4 Å². The SMILES string of the molecule is CC(Cn1cccn1)NCc1cccnc1C#N. The number of nitriles is 1. The van der Waals surface area contributed by atoms with E-state index in [0.29, 0.717) is 12.2 Å². The Kier molecular flexibility index (Phi) is 4.05. The van der Waals surface area contributed by atoms with Crippen LogP contribution < -0.4 is 5.32 Å². The third kappa shape index (κ3) is 3.15. The highest BCUT2D eigenvalue weighted by atomic mass is 15.3. The van der Waals surface area contributed by atoms with Crippen molar-refractivity contribution in [2.45, 2.75) is 26.1 Å². The minimum absolute atomic E-state index is 0.275. The van der Waals surface area contributed by atoms with Gasteiger partial charge in [0.15, 0.2) is 0 Å². The summed E-state index contributed by atoms with van der Waals surface area (Å²) in [4.78, 5) is 4.03. The molecular weight excluding hydrogens is 226 g/mol. The van der Waals surface area contributed by atoms with E-state index in [9.17, 15) is 0 Å². The van der Waals surface area contributed by atoms with Gasteiger partial charge >= 0.3 is 0 Å². The molecule has 1 N–H and O–H groups in total. The van der Waals surface area contributed by atoms with Crippen molar-refractivity contribution in [1.82, 2.24) is 20.1 Å². The van der Waals surface area contributed by atoms with Crippen LogP contribution in [0.1, 0.15) is 18.2 Å². The second-order valence-electron chi connectivity index (χ2n) is 4.13. The van der Waals surface area contributed by atoms with Crippen LogP contribution in [0.25, 0.3) is 0 Å². The van der Waals surface area contributed by atoms with Crippen molar-refractivity contribution in [3.05, 3.63) is 48.0 Å². The third-order valence-electron chi connectivity index (χ3n) is 2.66. The largest absolute Gasteiger partial charge is 0.308 e. The van der Waals surface area contributed by atoms with Crippen LogP contribution in [-0.4, -0.2) is 20.8 Å². The Bertz CT molecular complexity index is 527. The van der Waals surface area contributed by atoms with Crippen LogP contribution in [0.2, 0.25) is 0 Å². The standard InChI is InChI=1S/C13H15N5/c1-11(10-18-7-3-6-17-18)16-9-12-4-2-5-15-13(12)8-14/h2-7,11,16H,9-10H2,1H3. The highest BCUT2D eigenvalue weighted by Gasteiger charge is 2.06. The lowest BCUT2D eigenvalue weighted by atomic mass is 10.2. The lowest BCUT2D eigenvalue weighted by molar-refractivity contribution is 0.450. The van der Waals surface area contributed by atoms with Crippen molar-refractivity contribution in [3.8, 4) is 6.07 Å². The Morgan fingerprint density at radius 3 is 3.06 bits per heavy atom. The molecule has 0 spiro atoms. The van der Waals surface area contributed by atoms with Gasteiger partial charge in [-0.25, -0.2) is 4.98 Å². The molecule has 0 aromatic carbocycles. The molecule has 92 valence electrons. The molecule has 0 radical (unpaired) electrons. The number of hydrogen-bond donors (Lipinski definition) is 1. The molecule has 0 aliphatic carbocycles. The van der Waals surface area contributed by atoms with Crippen molar-refractivity contribution in [1.29, 1.82) is 5.26 Å². The van der Waals surface area contributed by atoms with Gasteiger partial charge in [0, 0.05) is 36.7 Å².